The molecule has 2 fully saturated rings. The standard InChI is InChI=1S/C22H37NO2/c1-16-12-17-8-7-9-22(2,3)20(17)13-19(16)21-24-15-18(25-21)14-23-10-5-4-6-11-23/h16,18-19,21H,4-15H2,1-3H3/t16-,18+,19-,21-/m0/s1. The minimum absolute atomic E-state index is 0.0246. The summed E-state index contributed by atoms with van der Waals surface area (Å²) in [4.78, 5) is 2.58. The molecule has 2 heterocycles. The first-order chi connectivity index (χ1) is 12.0. The van der Waals surface area contributed by atoms with Crippen LogP contribution in [0.1, 0.15) is 72.1 Å². The average molecular weight is 348 g/mol. The van der Waals surface area contributed by atoms with Gasteiger partial charge in [-0.05, 0) is 69.4 Å². The van der Waals surface area contributed by atoms with E-state index in [9.17, 15) is 0 Å². The molecule has 0 saturated carbocycles. The van der Waals surface area contributed by atoms with Crippen molar-refractivity contribution >= 4 is 0 Å². The highest BCUT2D eigenvalue weighted by atomic mass is 16.7. The summed E-state index contributed by atoms with van der Waals surface area (Å²) < 4.78 is 12.6. The number of piperidine rings is 1. The summed E-state index contributed by atoms with van der Waals surface area (Å²) in [6.45, 7) is 11.7. The van der Waals surface area contributed by atoms with E-state index in [1.807, 2.05) is 0 Å². The second kappa shape index (κ2) is 7.32. The van der Waals surface area contributed by atoms with Crippen LogP contribution in [0.2, 0.25) is 0 Å². The summed E-state index contributed by atoms with van der Waals surface area (Å²) in [7, 11) is 0. The number of ether oxygens (including phenoxy) is 2. The molecule has 4 aliphatic rings. The van der Waals surface area contributed by atoms with Gasteiger partial charge >= 0.3 is 0 Å². The van der Waals surface area contributed by atoms with Gasteiger partial charge in [0.05, 0.1) is 12.7 Å². The molecule has 0 unspecified atom stereocenters. The minimum atomic E-state index is 0.0246. The third-order valence-corrected chi connectivity index (χ3v) is 7.30. The summed E-state index contributed by atoms with van der Waals surface area (Å²) in [5, 5.41) is 0. The van der Waals surface area contributed by atoms with Crippen molar-refractivity contribution in [3.05, 3.63) is 11.1 Å². The Morgan fingerprint density at radius 3 is 2.68 bits per heavy atom. The summed E-state index contributed by atoms with van der Waals surface area (Å²) >= 11 is 0. The van der Waals surface area contributed by atoms with Gasteiger partial charge in [0.2, 0.25) is 0 Å². The maximum atomic E-state index is 6.44. The zero-order chi connectivity index (χ0) is 17.4. The summed E-state index contributed by atoms with van der Waals surface area (Å²) in [5.41, 5.74) is 3.90. The topological polar surface area (TPSA) is 21.7 Å². The lowest BCUT2D eigenvalue weighted by Crippen LogP contribution is -2.39. The molecule has 0 radical (unpaired) electrons. The molecule has 0 spiro atoms. The van der Waals surface area contributed by atoms with Gasteiger partial charge in [-0.2, -0.15) is 0 Å². The van der Waals surface area contributed by atoms with E-state index in [0.717, 1.165) is 13.2 Å². The molecule has 3 nitrogen and oxygen atoms in total. The lowest BCUT2D eigenvalue weighted by molar-refractivity contribution is -0.115. The van der Waals surface area contributed by atoms with Crippen LogP contribution in [-0.4, -0.2) is 43.5 Å². The van der Waals surface area contributed by atoms with Gasteiger partial charge in [0, 0.05) is 12.5 Å². The highest BCUT2D eigenvalue weighted by molar-refractivity contribution is 5.27. The molecule has 4 atom stereocenters. The highest BCUT2D eigenvalue weighted by Gasteiger charge is 2.42. The van der Waals surface area contributed by atoms with E-state index in [2.05, 4.69) is 25.7 Å². The van der Waals surface area contributed by atoms with E-state index >= 15 is 0 Å². The van der Waals surface area contributed by atoms with Crippen molar-refractivity contribution in [1.82, 2.24) is 4.90 Å². The monoisotopic (exact) mass is 347 g/mol. The first-order valence-corrected chi connectivity index (χ1v) is 10.7. The molecule has 0 aromatic carbocycles. The Bertz CT molecular complexity index is 506. The summed E-state index contributed by atoms with van der Waals surface area (Å²) in [6.07, 6.45) is 10.9. The first kappa shape index (κ1) is 18.0. The lowest BCUT2D eigenvalue weighted by atomic mass is 9.63. The third-order valence-electron chi connectivity index (χ3n) is 7.30. The zero-order valence-corrected chi connectivity index (χ0v) is 16.6. The van der Waals surface area contributed by atoms with Crippen molar-refractivity contribution in [2.75, 3.05) is 26.2 Å². The molecule has 25 heavy (non-hydrogen) atoms. The average Bonchev–Trinajstić information content (AvgIpc) is 3.03. The second-order valence-corrected chi connectivity index (χ2v) is 9.69. The van der Waals surface area contributed by atoms with Gasteiger partial charge in [0.1, 0.15) is 0 Å². The van der Waals surface area contributed by atoms with Crippen LogP contribution in [0, 0.1) is 17.3 Å². The Morgan fingerprint density at radius 2 is 1.88 bits per heavy atom. The maximum absolute atomic E-state index is 6.44. The number of nitrogens with zero attached hydrogens (tertiary/aromatic N) is 1. The smallest absolute Gasteiger partial charge is 0.161 e. The molecule has 2 aliphatic carbocycles. The van der Waals surface area contributed by atoms with Gasteiger partial charge in [-0.15, -0.1) is 0 Å². The molecule has 0 amide bonds. The van der Waals surface area contributed by atoms with Gasteiger partial charge in [0.15, 0.2) is 6.29 Å². The quantitative estimate of drug-likeness (QED) is 0.687. The lowest BCUT2D eigenvalue weighted by Gasteiger charge is -2.44. The van der Waals surface area contributed by atoms with Crippen LogP contribution in [-0.2, 0) is 9.47 Å². The Morgan fingerprint density at radius 1 is 1.08 bits per heavy atom. The molecular weight excluding hydrogens is 310 g/mol. The minimum Gasteiger partial charge on any atom is -0.350 e. The van der Waals surface area contributed by atoms with Gasteiger partial charge < -0.3 is 14.4 Å². The second-order valence-electron chi connectivity index (χ2n) is 9.69. The predicted molar refractivity (Wildman–Crippen MR) is 101 cm³/mol. The molecule has 3 heteroatoms. The molecule has 2 saturated heterocycles. The largest absolute Gasteiger partial charge is 0.350 e. The van der Waals surface area contributed by atoms with Gasteiger partial charge in [-0.1, -0.05) is 38.3 Å². The van der Waals surface area contributed by atoms with Gasteiger partial charge in [-0.3, -0.25) is 0 Å². The van der Waals surface area contributed by atoms with Crippen LogP contribution < -0.4 is 0 Å². The van der Waals surface area contributed by atoms with Crippen molar-refractivity contribution in [2.45, 2.75) is 84.5 Å². The summed E-state index contributed by atoms with van der Waals surface area (Å²) in [6, 6.07) is 0. The Labute approximate surface area is 154 Å². The van der Waals surface area contributed by atoms with Crippen molar-refractivity contribution in [3.63, 3.8) is 0 Å². The SMILES string of the molecule is C[C@H]1CC2=C(C[C@@H]1[C@H]1OC[C@@H](CN3CCCCC3)O1)C(C)(C)CCC2. The zero-order valence-electron chi connectivity index (χ0n) is 16.6. The van der Waals surface area contributed by atoms with E-state index in [1.165, 1.54) is 64.5 Å². The highest BCUT2D eigenvalue weighted by Crippen LogP contribution is 2.50. The van der Waals surface area contributed by atoms with Gasteiger partial charge in [0.25, 0.3) is 0 Å². The van der Waals surface area contributed by atoms with Crippen molar-refractivity contribution in [2.24, 2.45) is 17.3 Å². The molecule has 4 rings (SSSR count). The number of allylic oxidation sites excluding steroid dienone is 2. The van der Waals surface area contributed by atoms with Gasteiger partial charge in [-0.25, -0.2) is 0 Å². The van der Waals surface area contributed by atoms with E-state index in [-0.39, 0.29) is 12.4 Å². The number of rotatable bonds is 3. The van der Waals surface area contributed by atoms with Crippen LogP contribution in [0.4, 0.5) is 0 Å². The van der Waals surface area contributed by atoms with Crippen molar-refractivity contribution in [3.8, 4) is 0 Å². The van der Waals surface area contributed by atoms with E-state index in [0.29, 0.717) is 17.3 Å². The third kappa shape index (κ3) is 3.84. The van der Waals surface area contributed by atoms with Crippen LogP contribution >= 0.6 is 0 Å². The molecule has 0 aromatic heterocycles. The Kier molecular flexibility index (Phi) is 5.28. The fourth-order valence-corrected chi connectivity index (χ4v) is 5.73. The predicted octanol–water partition coefficient (Wildman–Crippen LogP) is 4.77. The van der Waals surface area contributed by atoms with Crippen LogP contribution in [0.15, 0.2) is 11.1 Å². The molecule has 2 aliphatic heterocycles. The van der Waals surface area contributed by atoms with Crippen LogP contribution in [0.5, 0.6) is 0 Å². The van der Waals surface area contributed by atoms with E-state index in [1.54, 1.807) is 11.1 Å². The van der Waals surface area contributed by atoms with Crippen LogP contribution in [0.25, 0.3) is 0 Å². The fourth-order valence-electron chi connectivity index (χ4n) is 5.73. The van der Waals surface area contributed by atoms with E-state index in [4.69, 9.17) is 9.47 Å². The fraction of sp³-hybridized carbons (Fsp3) is 0.909. The van der Waals surface area contributed by atoms with Crippen molar-refractivity contribution in [1.29, 1.82) is 0 Å². The molecule has 0 aromatic rings. The molecule has 0 bridgehead atoms. The Balaban J connectivity index is 1.38. The molecular formula is C22H37NO2. The molecule has 0 N–H and O–H groups in total. The number of hydrogen-bond donors (Lipinski definition) is 0. The molecule has 142 valence electrons. The first-order valence-electron chi connectivity index (χ1n) is 10.7. The Hall–Kier alpha value is -0.380. The number of likely N-dealkylation sites (tertiary alicyclic amines) is 1. The summed E-state index contributed by atoms with van der Waals surface area (Å²) in [5.74, 6) is 1.23. The number of hydrogen-bond acceptors (Lipinski definition) is 3. The van der Waals surface area contributed by atoms with E-state index < -0.39 is 0 Å². The van der Waals surface area contributed by atoms with Crippen molar-refractivity contribution < 1.29 is 9.47 Å². The maximum Gasteiger partial charge on any atom is 0.161 e. The van der Waals surface area contributed by atoms with Crippen LogP contribution in [0.3, 0.4) is 0 Å². The normalized spacial score (nSPS) is 39.5.